The number of hydrogen-bond acceptors (Lipinski definition) is 5. The normalized spacial score (nSPS) is 11.6. The van der Waals surface area contributed by atoms with Gasteiger partial charge in [-0.3, -0.25) is 4.79 Å². The second-order valence-electron chi connectivity index (χ2n) is 6.17. The number of esters is 1. The smallest absolute Gasteiger partial charge is 0.375 e. The van der Waals surface area contributed by atoms with Gasteiger partial charge in [0.05, 0.1) is 5.69 Å². The Morgan fingerprint density at radius 3 is 2.40 bits per heavy atom. The molecule has 3 aromatic rings. The first kappa shape index (κ1) is 21.0. The topological polar surface area (TPSA) is 77.8 Å². The highest BCUT2D eigenvalue weighted by atomic mass is 19.1. The fraction of sp³-hybridized carbons (Fsp3) is 0.143. The molecule has 6 nitrogen and oxygen atoms in total. The highest BCUT2D eigenvalue weighted by molar-refractivity contribution is 5.96. The Balaban J connectivity index is 1.53. The zero-order chi connectivity index (χ0) is 21.7. The highest BCUT2D eigenvalue weighted by Crippen LogP contribution is 2.17. The summed E-state index contributed by atoms with van der Waals surface area (Å²) >= 11 is 0. The summed E-state index contributed by atoms with van der Waals surface area (Å²) < 4.78 is 55.1. The van der Waals surface area contributed by atoms with Crippen LogP contribution in [0.25, 0.3) is 0 Å². The number of halogens is 3. The molecule has 1 unspecified atom stereocenters. The molecule has 0 aliphatic rings. The van der Waals surface area contributed by atoms with Crippen molar-refractivity contribution in [3.05, 3.63) is 83.6 Å². The van der Waals surface area contributed by atoms with Crippen LogP contribution in [-0.4, -0.2) is 18.0 Å². The first-order valence-electron chi connectivity index (χ1n) is 8.76. The van der Waals surface area contributed by atoms with Gasteiger partial charge in [0.1, 0.15) is 35.6 Å². The zero-order valence-corrected chi connectivity index (χ0v) is 15.7. The standard InChI is InChI=1S/C21H16F3NO5/c1-12(20(26)25-18-8-4-14(23)10-17(18)24)29-21(27)19-9-7-16(30-19)11-28-15-5-2-13(22)3-6-15/h2-10,12H,11H2,1H3,(H,25,26). The molecule has 0 aliphatic heterocycles. The number of rotatable bonds is 7. The van der Waals surface area contributed by atoms with Crippen LogP contribution >= 0.6 is 0 Å². The number of ether oxygens (including phenoxy) is 2. The third-order valence-corrected chi connectivity index (χ3v) is 3.90. The van der Waals surface area contributed by atoms with Gasteiger partial charge in [-0.2, -0.15) is 0 Å². The summed E-state index contributed by atoms with van der Waals surface area (Å²) in [6.07, 6.45) is -1.27. The number of nitrogens with one attached hydrogen (secondary N) is 1. The van der Waals surface area contributed by atoms with Crippen molar-refractivity contribution < 1.29 is 36.7 Å². The van der Waals surface area contributed by atoms with Crippen molar-refractivity contribution in [3.8, 4) is 5.75 Å². The van der Waals surface area contributed by atoms with Crippen LogP contribution in [0.2, 0.25) is 0 Å². The van der Waals surface area contributed by atoms with Crippen molar-refractivity contribution in [2.75, 3.05) is 5.32 Å². The predicted molar refractivity (Wildman–Crippen MR) is 99.3 cm³/mol. The minimum Gasteiger partial charge on any atom is -0.486 e. The van der Waals surface area contributed by atoms with Crippen LogP contribution in [0.3, 0.4) is 0 Å². The predicted octanol–water partition coefficient (Wildman–Crippen LogP) is 4.46. The zero-order valence-electron chi connectivity index (χ0n) is 15.7. The molecule has 0 saturated carbocycles. The number of anilines is 1. The summed E-state index contributed by atoms with van der Waals surface area (Å²) in [6.45, 7) is 1.27. The molecule has 1 atom stereocenters. The van der Waals surface area contributed by atoms with Crippen LogP contribution in [0.15, 0.2) is 59.0 Å². The molecule has 0 bridgehead atoms. The molecule has 2 aromatic carbocycles. The molecule has 156 valence electrons. The Morgan fingerprint density at radius 1 is 1.00 bits per heavy atom. The number of benzene rings is 2. The van der Waals surface area contributed by atoms with E-state index >= 15 is 0 Å². The first-order valence-corrected chi connectivity index (χ1v) is 8.76. The van der Waals surface area contributed by atoms with Crippen molar-refractivity contribution >= 4 is 17.6 Å². The van der Waals surface area contributed by atoms with Gasteiger partial charge in [-0.25, -0.2) is 18.0 Å². The van der Waals surface area contributed by atoms with E-state index < -0.39 is 35.4 Å². The minimum absolute atomic E-state index is 0.0151. The van der Waals surface area contributed by atoms with Crippen molar-refractivity contribution in [3.63, 3.8) is 0 Å². The van der Waals surface area contributed by atoms with Crippen molar-refractivity contribution in [1.29, 1.82) is 0 Å². The Labute approximate surface area is 169 Å². The third kappa shape index (κ3) is 5.40. The molecule has 1 N–H and O–H groups in total. The lowest BCUT2D eigenvalue weighted by Gasteiger charge is -2.13. The van der Waals surface area contributed by atoms with Gasteiger partial charge in [0.15, 0.2) is 6.10 Å². The first-order chi connectivity index (χ1) is 14.3. The average molecular weight is 419 g/mol. The molecule has 0 aliphatic carbocycles. The number of carbonyl (C=O) groups excluding carboxylic acids is 2. The quantitative estimate of drug-likeness (QED) is 0.572. The van der Waals surface area contributed by atoms with Gasteiger partial charge in [0.25, 0.3) is 5.91 Å². The van der Waals surface area contributed by atoms with Crippen LogP contribution in [0.5, 0.6) is 5.75 Å². The molecule has 0 fully saturated rings. The van der Waals surface area contributed by atoms with Gasteiger partial charge < -0.3 is 19.2 Å². The summed E-state index contributed by atoms with van der Waals surface area (Å²) in [5.74, 6) is -3.32. The van der Waals surface area contributed by atoms with Crippen LogP contribution in [0.1, 0.15) is 23.2 Å². The van der Waals surface area contributed by atoms with Gasteiger partial charge in [-0.15, -0.1) is 0 Å². The summed E-state index contributed by atoms with van der Waals surface area (Å²) in [5, 5.41) is 2.21. The van der Waals surface area contributed by atoms with Crippen LogP contribution < -0.4 is 10.1 Å². The molecular formula is C21H16F3NO5. The van der Waals surface area contributed by atoms with Gasteiger partial charge in [-0.05, 0) is 55.5 Å². The molecule has 1 aromatic heterocycles. The lowest BCUT2D eigenvalue weighted by Crippen LogP contribution is -2.30. The molecule has 0 spiro atoms. The maximum absolute atomic E-state index is 13.6. The van der Waals surface area contributed by atoms with E-state index in [1.165, 1.54) is 43.3 Å². The van der Waals surface area contributed by atoms with Crippen LogP contribution in [0.4, 0.5) is 18.9 Å². The molecule has 1 amide bonds. The van der Waals surface area contributed by atoms with Crippen molar-refractivity contribution in [1.82, 2.24) is 0 Å². The van der Waals surface area contributed by atoms with E-state index in [9.17, 15) is 22.8 Å². The minimum atomic E-state index is -1.27. The van der Waals surface area contributed by atoms with E-state index in [1.54, 1.807) is 0 Å². The third-order valence-electron chi connectivity index (χ3n) is 3.90. The highest BCUT2D eigenvalue weighted by Gasteiger charge is 2.22. The maximum atomic E-state index is 13.6. The molecule has 30 heavy (non-hydrogen) atoms. The average Bonchev–Trinajstić information content (AvgIpc) is 3.19. The Kier molecular flexibility index (Phi) is 6.41. The monoisotopic (exact) mass is 419 g/mol. The maximum Gasteiger partial charge on any atom is 0.375 e. The Morgan fingerprint density at radius 2 is 1.70 bits per heavy atom. The summed E-state index contributed by atoms with van der Waals surface area (Å²) in [4.78, 5) is 24.2. The molecule has 0 saturated heterocycles. The van der Waals surface area contributed by atoms with Gasteiger partial charge in [-0.1, -0.05) is 0 Å². The van der Waals surface area contributed by atoms with E-state index in [1.807, 2.05) is 0 Å². The van der Waals surface area contributed by atoms with Crippen molar-refractivity contribution in [2.45, 2.75) is 19.6 Å². The van der Waals surface area contributed by atoms with Gasteiger partial charge in [0.2, 0.25) is 5.76 Å². The largest absolute Gasteiger partial charge is 0.486 e. The van der Waals surface area contributed by atoms with Crippen LogP contribution in [0, 0.1) is 17.5 Å². The van der Waals surface area contributed by atoms with Crippen molar-refractivity contribution in [2.24, 2.45) is 0 Å². The molecular weight excluding hydrogens is 403 g/mol. The summed E-state index contributed by atoms with van der Waals surface area (Å²) in [7, 11) is 0. The fourth-order valence-electron chi connectivity index (χ4n) is 2.35. The van der Waals surface area contributed by atoms with Crippen LogP contribution in [-0.2, 0) is 16.1 Å². The van der Waals surface area contributed by atoms with E-state index in [-0.39, 0.29) is 18.1 Å². The Hall–Kier alpha value is -3.75. The second-order valence-corrected chi connectivity index (χ2v) is 6.17. The number of hydrogen-bond donors (Lipinski definition) is 1. The molecule has 1 heterocycles. The lowest BCUT2D eigenvalue weighted by atomic mass is 10.2. The molecule has 9 heteroatoms. The lowest BCUT2D eigenvalue weighted by molar-refractivity contribution is -0.123. The van der Waals surface area contributed by atoms with E-state index in [0.29, 0.717) is 17.6 Å². The van der Waals surface area contributed by atoms with E-state index in [4.69, 9.17) is 13.9 Å². The van der Waals surface area contributed by atoms with E-state index in [2.05, 4.69) is 5.32 Å². The summed E-state index contributed by atoms with van der Waals surface area (Å²) in [5.41, 5.74) is -0.248. The SMILES string of the molecule is CC(OC(=O)c1ccc(COc2ccc(F)cc2)o1)C(=O)Nc1ccc(F)cc1F. The summed E-state index contributed by atoms with van der Waals surface area (Å²) in [6, 6.07) is 10.8. The number of furan rings is 1. The second kappa shape index (κ2) is 9.17. The Bertz CT molecular complexity index is 1050. The number of carbonyl (C=O) groups is 2. The van der Waals surface area contributed by atoms with E-state index in [0.717, 1.165) is 12.1 Å². The van der Waals surface area contributed by atoms with Gasteiger partial charge >= 0.3 is 5.97 Å². The molecule has 3 rings (SSSR count). The fourth-order valence-corrected chi connectivity index (χ4v) is 2.35. The molecule has 0 radical (unpaired) electrons. The van der Waals surface area contributed by atoms with Gasteiger partial charge in [0, 0.05) is 6.07 Å². The number of amides is 1.